The number of nitrogens with two attached hydrogens (primary N) is 1. The highest BCUT2D eigenvalue weighted by Crippen LogP contribution is 2.09. The molecule has 1 heterocycles. The summed E-state index contributed by atoms with van der Waals surface area (Å²) in [5.74, 6) is 0.192. The maximum atomic E-state index is 11.5. The largest absolute Gasteiger partial charge is 0.345 e. The zero-order valence-corrected chi connectivity index (χ0v) is 11.1. The van der Waals surface area contributed by atoms with Crippen LogP contribution in [0.15, 0.2) is 17.5 Å². The molecule has 0 aliphatic rings. The van der Waals surface area contributed by atoms with Gasteiger partial charge in [0.05, 0.1) is 0 Å². The minimum atomic E-state index is 0. The molecule has 0 saturated heterocycles. The van der Waals surface area contributed by atoms with Crippen LogP contribution in [0.1, 0.15) is 17.7 Å². The van der Waals surface area contributed by atoms with E-state index in [0.717, 1.165) is 19.4 Å². The second kappa shape index (κ2) is 8.56. The number of hydrogen-bond donors (Lipinski definition) is 1. The first-order valence-electron chi connectivity index (χ1n) is 5.20. The molecule has 3 nitrogen and oxygen atoms in total. The number of amides is 1. The van der Waals surface area contributed by atoms with Crippen LogP contribution < -0.4 is 5.73 Å². The Morgan fingerprint density at radius 1 is 1.56 bits per heavy atom. The van der Waals surface area contributed by atoms with Gasteiger partial charge >= 0.3 is 0 Å². The second-order valence-corrected chi connectivity index (χ2v) is 4.57. The maximum absolute atomic E-state index is 11.5. The Morgan fingerprint density at radius 3 is 2.88 bits per heavy atom. The van der Waals surface area contributed by atoms with Gasteiger partial charge in [0.1, 0.15) is 0 Å². The van der Waals surface area contributed by atoms with Crippen LogP contribution in [0.2, 0.25) is 0 Å². The fourth-order valence-electron chi connectivity index (χ4n) is 1.30. The third-order valence-corrected chi connectivity index (χ3v) is 3.23. The van der Waals surface area contributed by atoms with E-state index in [-0.39, 0.29) is 18.3 Å². The Hall–Kier alpha value is -0.580. The van der Waals surface area contributed by atoms with Crippen molar-refractivity contribution in [3.63, 3.8) is 0 Å². The molecule has 0 radical (unpaired) electrons. The Balaban J connectivity index is 0.00000225. The van der Waals surface area contributed by atoms with E-state index < -0.39 is 0 Å². The fourth-order valence-corrected chi connectivity index (χ4v) is 2.00. The number of thiophene rings is 1. The summed E-state index contributed by atoms with van der Waals surface area (Å²) in [5.41, 5.74) is 5.36. The third-order valence-electron chi connectivity index (χ3n) is 2.29. The van der Waals surface area contributed by atoms with E-state index in [2.05, 4.69) is 11.4 Å². The van der Waals surface area contributed by atoms with Gasteiger partial charge < -0.3 is 10.6 Å². The lowest BCUT2D eigenvalue weighted by molar-refractivity contribution is -0.129. The first-order chi connectivity index (χ1) is 7.24. The van der Waals surface area contributed by atoms with Gasteiger partial charge in [-0.3, -0.25) is 4.79 Å². The van der Waals surface area contributed by atoms with E-state index in [1.807, 2.05) is 13.1 Å². The molecule has 0 fully saturated rings. The first kappa shape index (κ1) is 15.4. The van der Waals surface area contributed by atoms with Gasteiger partial charge in [-0.05, 0) is 30.8 Å². The van der Waals surface area contributed by atoms with Crippen molar-refractivity contribution in [3.8, 4) is 0 Å². The molecule has 0 aliphatic heterocycles. The molecule has 0 aliphatic carbocycles. The second-order valence-electron chi connectivity index (χ2n) is 3.54. The molecule has 92 valence electrons. The highest BCUT2D eigenvalue weighted by Gasteiger charge is 2.07. The topological polar surface area (TPSA) is 46.3 Å². The van der Waals surface area contributed by atoms with Crippen molar-refractivity contribution in [1.82, 2.24) is 4.90 Å². The smallest absolute Gasteiger partial charge is 0.222 e. The van der Waals surface area contributed by atoms with Gasteiger partial charge in [0.15, 0.2) is 0 Å². The molecule has 0 spiro atoms. The number of carbonyl (C=O) groups excluding carboxylic acids is 1. The minimum Gasteiger partial charge on any atom is -0.345 e. The van der Waals surface area contributed by atoms with Gasteiger partial charge in [0.2, 0.25) is 5.91 Å². The van der Waals surface area contributed by atoms with E-state index in [1.165, 1.54) is 4.88 Å². The number of hydrogen-bond acceptors (Lipinski definition) is 3. The van der Waals surface area contributed by atoms with Gasteiger partial charge in [-0.2, -0.15) is 0 Å². The lowest BCUT2D eigenvalue weighted by Gasteiger charge is -2.16. The van der Waals surface area contributed by atoms with Crippen LogP contribution in [-0.4, -0.2) is 30.9 Å². The zero-order valence-electron chi connectivity index (χ0n) is 9.52. The van der Waals surface area contributed by atoms with Crippen molar-refractivity contribution in [3.05, 3.63) is 22.4 Å². The van der Waals surface area contributed by atoms with Crippen molar-refractivity contribution in [2.75, 3.05) is 20.1 Å². The van der Waals surface area contributed by atoms with Gasteiger partial charge in [-0.15, -0.1) is 23.7 Å². The molecule has 0 bridgehead atoms. The lowest BCUT2D eigenvalue weighted by atomic mass is 10.2. The summed E-state index contributed by atoms with van der Waals surface area (Å²) in [7, 11) is 1.85. The van der Waals surface area contributed by atoms with Crippen LogP contribution in [-0.2, 0) is 11.2 Å². The average molecular weight is 263 g/mol. The summed E-state index contributed by atoms with van der Waals surface area (Å²) >= 11 is 1.74. The molecule has 0 atom stereocenters. The van der Waals surface area contributed by atoms with Gasteiger partial charge in [0.25, 0.3) is 0 Å². The SMILES string of the molecule is CN(CCc1cccs1)C(=O)CCCN.Cl. The lowest BCUT2D eigenvalue weighted by Crippen LogP contribution is -2.28. The molecule has 1 amide bonds. The van der Waals surface area contributed by atoms with Crippen LogP contribution in [0.4, 0.5) is 0 Å². The summed E-state index contributed by atoms with van der Waals surface area (Å²) in [4.78, 5) is 14.6. The summed E-state index contributed by atoms with van der Waals surface area (Å²) in [6.07, 6.45) is 2.29. The molecule has 0 saturated carbocycles. The Labute approximate surface area is 107 Å². The average Bonchev–Trinajstić information content (AvgIpc) is 2.75. The van der Waals surface area contributed by atoms with Crippen molar-refractivity contribution < 1.29 is 4.79 Å². The van der Waals surface area contributed by atoms with Gasteiger partial charge in [0, 0.05) is 24.9 Å². The van der Waals surface area contributed by atoms with E-state index in [9.17, 15) is 4.79 Å². The molecule has 0 aromatic carbocycles. The minimum absolute atomic E-state index is 0. The molecular formula is C11H19ClN2OS. The highest BCUT2D eigenvalue weighted by atomic mass is 35.5. The van der Waals surface area contributed by atoms with Crippen molar-refractivity contribution >= 4 is 29.7 Å². The van der Waals surface area contributed by atoms with Crippen LogP contribution in [0.25, 0.3) is 0 Å². The Morgan fingerprint density at radius 2 is 2.31 bits per heavy atom. The third kappa shape index (κ3) is 5.49. The van der Waals surface area contributed by atoms with Crippen molar-refractivity contribution in [2.45, 2.75) is 19.3 Å². The molecule has 1 rings (SSSR count). The standard InChI is InChI=1S/C11H18N2OS.ClH/c1-13(11(14)5-2-7-12)8-6-10-4-3-9-15-10;/h3-4,9H,2,5-8,12H2,1H3;1H. The van der Waals surface area contributed by atoms with Crippen LogP contribution in [0, 0.1) is 0 Å². The molecule has 0 unspecified atom stereocenters. The highest BCUT2D eigenvalue weighted by molar-refractivity contribution is 7.09. The Bertz CT molecular complexity index is 290. The zero-order chi connectivity index (χ0) is 11.1. The monoisotopic (exact) mass is 262 g/mol. The number of likely N-dealkylation sites (N-methyl/N-ethyl adjacent to an activating group) is 1. The number of nitrogens with zero attached hydrogens (tertiary/aromatic N) is 1. The van der Waals surface area contributed by atoms with E-state index >= 15 is 0 Å². The molecule has 5 heteroatoms. The fraction of sp³-hybridized carbons (Fsp3) is 0.545. The van der Waals surface area contributed by atoms with E-state index in [4.69, 9.17) is 5.73 Å². The number of halogens is 1. The summed E-state index contributed by atoms with van der Waals surface area (Å²) in [6, 6.07) is 4.14. The van der Waals surface area contributed by atoms with E-state index in [1.54, 1.807) is 16.2 Å². The number of rotatable bonds is 6. The van der Waals surface area contributed by atoms with Crippen LogP contribution >= 0.6 is 23.7 Å². The van der Waals surface area contributed by atoms with E-state index in [0.29, 0.717) is 13.0 Å². The first-order valence-corrected chi connectivity index (χ1v) is 6.08. The number of carbonyl (C=O) groups is 1. The Kier molecular flexibility index (Phi) is 8.25. The van der Waals surface area contributed by atoms with Gasteiger partial charge in [-0.1, -0.05) is 6.07 Å². The molecule has 16 heavy (non-hydrogen) atoms. The molecule has 1 aromatic heterocycles. The predicted octanol–water partition coefficient (Wildman–Crippen LogP) is 1.91. The quantitative estimate of drug-likeness (QED) is 0.851. The van der Waals surface area contributed by atoms with Gasteiger partial charge in [-0.25, -0.2) is 0 Å². The summed E-state index contributed by atoms with van der Waals surface area (Å²) in [6.45, 7) is 1.38. The normalized spacial score (nSPS) is 9.62. The molecule has 1 aromatic rings. The molecule has 2 N–H and O–H groups in total. The van der Waals surface area contributed by atoms with Crippen LogP contribution in [0.3, 0.4) is 0 Å². The van der Waals surface area contributed by atoms with Crippen molar-refractivity contribution in [2.24, 2.45) is 5.73 Å². The predicted molar refractivity (Wildman–Crippen MR) is 71.2 cm³/mol. The summed E-state index contributed by atoms with van der Waals surface area (Å²) < 4.78 is 0. The van der Waals surface area contributed by atoms with Crippen LogP contribution in [0.5, 0.6) is 0 Å². The summed E-state index contributed by atoms with van der Waals surface area (Å²) in [5, 5.41) is 2.06. The van der Waals surface area contributed by atoms with Crippen molar-refractivity contribution in [1.29, 1.82) is 0 Å². The maximum Gasteiger partial charge on any atom is 0.222 e. The molecular weight excluding hydrogens is 244 g/mol.